The van der Waals surface area contributed by atoms with Crippen LogP contribution in [0.5, 0.6) is 17.2 Å². The molecule has 0 spiro atoms. The van der Waals surface area contributed by atoms with Gasteiger partial charge in [0.25, 0.3) is 0 Å². The van der Waals surface area contributed by atoms with E-state index >= 15 is 0 Å². The van der Waals surface area contributed by atoms with Crippen molar-refractivity contribution in [1.29, 1.82) is 0 Å². The van der Waals surface area contributed by atoms with Crippen LogP contribution in [-0.2, 0) is 20.7 Å². The molecule has 0 radical (unpaired) electrons. The SMILES string of the molecule is COC(=O)CN(CCN1CCN(C)CC1)C(=O)CCc1ccc(OC)c(OC)c1OC. The summed E-state index contributed by atoms with van der Waals surface area (Å²) in [6.45, 7) is 5.09. The summed E-state index contributed by atoms with van der Waals surface area (Å²) >= 11 is 0. The monoisotopic (exact) mass is 437 g/mol. The molecule has 31 heavy (non-hydrogen) atoms. The van der Waals surface area contributed by atoms with Gasteiger partial charge >= 0.3 is 5.97 Å². The number of amides is 1. The molecule has 1 saturated heterocycles. The Morgan fingerprint density at radius 2 is 1.65 bits per heavy atom. The molecule has 0 atom stereocenters. The maximum absolute atomic E-state index is 13.0. The summed E-state index contributed by atoms with van der Waals surface area (Å²) in [7, 11) is 8.10. The standard InChI is InChI=1S/C22H35N3O6/c1-23-10-12-24(13-11-23)14-15-25(16-20(27)29-3)19(26)9-7-17-6-8-18(28-2)22(31-5)21(17)30-4/h6,8H,7,9-16H2,1-5H3. The molecule has 0 bridgehead atoms. The highest BCUT2D eigenvalue weighted by atomic mass is 16.5. The number of ether oxygens (including phenoxy) is 4. The maximum atomic E-state index is 13.0. The van der Waals surface area contributed by atoms with Crippen LogP contribution in [0.4, 0.5) is 0 Å². The predicted octanol–water partition coefficient (Wildman–Crippen LogP) is 0.894. The quantitative estimate of drug-likeness (QED) is 0.473. The van der Waals surface area contributed by atoms with E-state index in [0.29, 0.717) is 30.2 Å². The van der Waals surface area contributed by atoms with E-state index in [9.17, 15) is 9.59 Å². The van der Waals surface area contributed by atoms with Crippen LogP contribution in [0.1, 0.15) is 12.0 Å². The van der Waals surface area contributed by atoms with Crippen LogP contribution in [0.3, 0.4) is 0 Å². The molecule has 0 aliphatic carbocycles. The second-order valence-electron chi connectivity index (χ2n) is 7.53. The van der Waals surface area contributed by atoms with Gasteiger partial charge < -0.3 is 28.7 Å². The fourth-order valence-electron chi connectivity index (χ4n) is 3.61. The molecule has 1 aromatic rings. The lowest BCUT2D eigenvalue weighted by Gasteiger charge is -2.33. The summed E-state index contributed by atoms with van der Waals surface area (Å²) in [4.78, 5) is 31.0. The van der Waals surface area contributed by atoms with E-state index in [1.165, 1.54) is 7.11 Å². The zero-order valence-corrected chi connectivity index (χ0v) is 19.3. The Labute approximate surface area is 184 Å². The van der Waals surface area contributed by atoms with Crippen LogP contribution in [0, 0.1) is 0 Å². The highest BCUT2D eigenvalue weighted by Gasteiger charge is 2.22. The number of methoxy groups -OCH3 is 4. The van der Waals surface area contributed by atoms with Crippen molar-refractivity contribution in [3.8, 4) is 17.2 Å². The molecule has 0 aromatic heterocycles. The number of esters is 1. The molecule has 0 N–H and O–H groups in total. The minimum Gasteiger partial charge on any atom is -0.493 e. The third-order valence-electron chi connectivity index (χ3n) is 5.58. The van der Waals surface area contributed by atoms with Gasteiger partial charge in [-0.2, -0.15) is 0 Å². The molecule has 0 unspecified atom stereocenters. The van der Waals surface area contributed by atoms with Crippen LogP contribution in [0.25, 0.3) is 0 Å². The second kappa shape index (κ2) is 12.4. The number of carbonyl (C=O) groups is 2. The summed E-state index contributed by atoms with van der Waals surface area (Å²) < 4.78 is 21.0. The first-order valence-corrected chi connectivity index (χ1v) is 10.5. The number of benzene rings is 1. The minimum absolute atomic E-state index is 0.0495. The molecule has 9 nitrogen and oxygen atoms in total. The molecule has 1 aromatic carbocycles. The molecule has 9 heteroatoms. The highest BCUT2D eigenvalue weighted by Crippen LogP contribution is 2.40. The van der Waals surface area contributed by atoms with Crippen molar-refractivity contribution < 1.29 is 28.5 Å². The van der Waals surface area contributed by atoms with E-state index in [1.54, 1.807) is 32.3 Å². The van der Waals surface area contributed by atoms with Gasteiger partial charge in [-0.25, -0.2) is 0 Å². The Hall–Kier alpha value is -2.52. The van der Waals surface area contributed by atoms with Crippen LogP contribution >= 0.6 is 0 Å². The van der Waals surface area contributed by atoms with Crippen LogP contribution in [-0.4, -0.2) is 108 Å². The zero-order valence-electron chi connectivity index (χ0n) is 19.3. The number of piperazine rings is 1. The molecule has 1 heterocycles. The number of hydrogen-bond donors (Lipinski definition) is 0. The number of hydrogen-bond acceptors (Lipinski definition) is 8. The molecular weight excluding hydrogens is 402 g/mol. The average molecular weight is 438 g/mol. The van der Waals surface area contributed by atoms with Gasteiger partial charge in [-0.1, -0.05) is 6.07 Å². The number of carbonyl (C=O) groups excluding carboxylic acids is 2. The van der Waals surface area contributed by atoms with Crippen LogP contribution < -0.4 is 14.2 Å². The molecule has 2 rings (SSSR count). The summed E-state index contributed by atoms with van der Waals surface area (Å²) in [5, 5.41) is 0. The average Bonchev–Trinajstić information content (AvgIpc) is 2.79. The Kier molecular flexibility index (Phi) is 9.87. The van der Waals surface area contributed by atoms with Gasteiger partial charge in [-0.3, -0.25) is 14.5 Å². The normalized spacial score (nSPS) is 14.7. The Morgan fingerprint density at radius 3 is 2.23 bits per heavy atom. The highest BCUT2D eigenvalue weighted by molar-refractivity contribution is 5.82. The molecule has 0 saturated carbocycles. The lowest BCUT2D eigenvalue weighted by atomic mass is 10.1. The molecule has 1 amide bonds. The molecule has 1 aliphatic rings. The number of nitrogens with zero attached hydrogens (tertiary/aromatic N) is 3. The largest absolute Gasteiger partial charge is 0.493 e. The fourth-order valence-corrected chi connectivity index (χ4v) is 3.61. The summed E-state index contributed by atoms with van der Waals surface area (Å²) in [5.41, 5.74) is 0.839. The molecule has 174 valence electrons. The van der Waals surface area contributed by atoms with Crippen molar-refractivity contribution in [3.63, 3.8) is 0 Å². The smallest absolute Gasteiger partial charge is 0.325 e. The van der Waals surface area contributed by atoms with Gasteiger partial charge in [0.05, 0.1) is 28.4 Å². The van der Waals surface area contributed by atoms with Crippen molar-refractivity contribution in [2.24, 2.45) is 0 Å². The lowest BCUT2D eigenvalue weighted by molar-refractivity contribution is -0.147. The summed E-state index contributed by atoms with van der Waals surface area (Å²) in [5.74, 6) is 1.09. The minimum atomic E-state index is -0.421. The molecular formula is C22H35N3O6. The van der Waals surface area contributed by atoms with E-state index in [2.05, 4.69) is 16.8 Å². The maximum Gasteiger partial charge on any atom is 0.325 e. The van der Waals surface area contributed by atoms with E-state index < -0.39 is 5.97 Å². The first-order valence-electron chi connectivity index (χ1n) is 10.5. The Morgan fingerprint density at radius 1 is 0.968 bits per heavy atom. The first-order chi connectivity index (χ1) is 14.9. The van der Waals surface area contributed by atoms with Crippen molar-refractivity contribution in [1.82, 2.24) is 14.7 Å². The number of aryl methyl sites for hydroxylation is 1. The topological polar surface area (TPSA) is 80.8 Å². The third kappa shape index (κ3) is 7.00. The van der Waals surface area contributed by atoms with Crippen LogP contribution in [0.2, 0.25) is 0 Å². The van der Waals surface area contributed by atoms with Gasteiger partial charge in [-0.15, -0.1) is 0 Å². The van der Waals surface area contributed by atoms with Crippen LogP contribution in [0.15, 0.2) is 12.1 Å². The predicted molar refractivity (Wildman–Crippen MR) is 117 cm³/mol. The van der Waals surface area contributed by atoms with Crippen molar-refractivity contribution in [2.45, 2.75) is 12.8 Å². The number of rotatable bonds is 11. The van der Waals surface area contributed by atoms with Gasteiger partial charge in [0.15, 0.2) is 11.5 Å². The molecule has 1 aliphatic heterocycles. The van der Waals surface area contributed by atoms with E-state index in [0.717, 1.165) is 38.3 Å². The fraction of sp³-hybridized carbons (Fsp3) is 0.636. The van der Waals surface area contributed by atoms with Crippen molar-refractivity contribution >= 4 is 11.9 Å². The number of likely N-dealkylation sites (N-methyl/N-ethyl adjacent to an activating group) is 1. The molecule has 1 fully saturated rings. The van der Waals surface area contributed by atoms with Gasteiger partial charge in [0, 0.05) is 45.7 Å². The summed E-state index contributed by atoms with van der Waals surface area (Å²) in [6.07, 6.45) is 0.695. The van der Waals surface area contributed by atoms with Gasteiger partial charge in [0.2, 0.25) is 11.7 Å². The van der Waals surface area contributed by atoms with Crippen molar-refractivity contribution in [2.75, 3.05) is 81.3 Å². The third-order valence-corrected chi connectivity index (χ3v) is 5.58. The lowest BCUT2D eigenvalue weighted by Crippen LogP contribution is -2.48. The van der Waals surface area contributed by atoms with Gasteiger partial charge in [0.1, 0.15) is 6.54 Å². The Balaban J connectivity index is 2.03. The summed E-state index contributed by atoms with van der Waals surface area (Å²) in [6, 6.07) is 3.66. The Bertz CT molecular complexity index is 734. The van der Waals surface area contributed by atoms with E-state index in [4.69, 9.17) is 18.9 Å². The van der Waals surface area contributed by atoms with Gasteiger partial charge in [-0.05, 0) is 25.1 Å². The second-order valence-corrected chi connectivity index (χ2v) is 7.53. The van der Waals surface area contributed by atoms with E-state index in [-0.39, 0.29) is 18.9 Å². The zero-order chi connectivity index (χ0) is 22.8. The van der Waals surface area contributed by atoms with E-state index in [1.807, 2.05) is 6.07 Å². The van der Waals surface area contributed by atoms with Crippen molar-refractivity contribution in [3.05, 3.63) is 17.7 Å². The first kappa shape index (κ1) is 24.7.